The second-order valence-electron chi connectivity index (χ2n) is 5.70. The molecular weight excluding hydrogens is 286 g/mol. The molecule has 6 heteroatoms. The van der Waals surface area contributed by atoms with E-state index < -0.39 is 5.97 Å². The SMILES string of the molecule is CCOC(=O)c1c(C)[nH]c(C(=O)COC(=O)[C@H]2C[C@H]2C)c1C. The Morgan fingerprint density at radius 2 is 1.86 bits per heavy atom. The van der Waals surface area contributed by atoms with Crippen LogP contribution in [0.25, 0.3) is 0 Å². The summed E-state index contributed by atoms with van der Waals surface area (Å²) in [4.78, 5) is 38.6. The van der Waals surface area contributed by atoms with E-state index in [-0.39, 0.29) is 36.6 Å². The Hall–Kier alpha value is -2.11. The topological polar surface area (TPSA) is 85.5 Å². The molecule has 6 nitrogen and oxygen atoms in total. The molecule has 0 radical (unpaired) electrons. The number of ether oxygens (including phenoxy) is 2. The number of ketones is 1. The maximum atomic E-state index is 12.2. The highest BCUT2D eigenvalue weighted by molar-refractivity contribution is 6.02. The van der Waals surface area contributed by atoms with E-state index in [1.807, 2.05) is 6.92 Å². The van der Waals surface area contributed by atoms with Gasteiger partial charge in [-0.05, 0) is 38.7 Å². The molecule has 0 unspecified atom stereocenters. The normalized spacial score (nSPS) is 19.6. The van der Waals surface area contributed by atoms with Crippen LogP contribution in [0.1, 0.15) is 52.4 Å². The van der Waals surface area contributed by atoms with Gasteiger partial charge < -0.3 is 14.5 Å². The number of Topliss-reactive ketones (excluding diaryl/α,β-unsaturated/α-hetero) is 1. The van der Waals surface area contributed by atoms with Gasteiger partial charge in [0, 0.05) is 5.69 Å². The molecular formula is C16H21NO5. The van der Waals surface area contributed by atoms with E-state index in [2.05, 4.69) is 4.98 Å². The Bertz CT molecular complexity index is 616. The summed E-state index contributed by atoms with van der Waals surface area (Å²) < 4.78 is 10.0. The van der Waals surface area contributed by atoms with Gasteiger partial charge in [-0.15, -0.1) is 0 Å². The Balaban J connectivity index is 2.05. The van der Waals surface area contributed by atoms with Crippen LogP contribution in [0.2, 0.25) is 0 Å². The van der Waals surface area contributed by atoms with Crippen LogP contribution in [-0.2, 0) is 14.3 Å². The molecule has 1 aliphatic rings. The predicted octanol–water partition coefficient (Wildman–Crippen LogP) is 2.19. The first kappa shape index (κ1) is 16.3. The molecule has 120 valence electrons. The summed E-state index contributed by atoms with van der Waals surface area (Å²) in [5, 5.41) is 0. The minimum atomic E-state index is -0.461. The van der Waals surface area contributed by atoms with E-state index >= 15 is 0 Å². The average Bonchev–Trinajstić information content (AvgIpc) is 3.11. The molecule has 22 heavy (non-hydrogen) atoms. The van der Waals surface area contributed by atoms with Crippen molar-refractivity contribution in [1.29, 1.82) is 0 Å². The lowest BCUT2D eigenvalue weighted by molar-refractivity contribution is -0.144. The molecule has 1 saturated carbocycles. The molecule has 0 bridgehead atoms. The first-order valence-electron chi connectivity index (χ1n) is 7.42. The van der Waals surface area contributed by atoms with Crippen LogP contribution >= 0.6 is 0 Å². The van der Waals surface area contributed by atoms with Gasteiger partial charge in [-0.1, -0.05) is 6.92 Å². The third kappa shape index (κ3) is 3.21. The highest BCUT2D eigenvalue weighted by atomic mass is 16.5. The molecule has 1 aliphatic carbocycles. The Labute approximate surface area is 129 Å². The zero-order chi connectivity index (χ0) is 16.4. The van der Waals surface area contributed by atoms with Gasteiger partial charge in [-0.2, -0.15) is 0 Å². The van der Waals surface area contributed by atoms with Crippen molar-refractivity contribution >= 4 is 17.7 Å². The van der Waals surface area contributed by atoms with Gasteiger partial charge in [-0.25, -0.2) is 4.79 Å². The molecule has 0 spiro atoms. The summed E-state index contributed by atoms with van der Waals surface area (Å²) in [6, 6.07) is 0. The number of aromatic amines is 1. The van der Waals surface area contributed by atoms with Crippen LogP contribution in [0.5, 0.6) is 0 Å². The highest BCUT2D eigenvalue weighted by Crippen LogP contribution is 2.38. The monoisotopic (exact) mass is 307 g/mol. The minimum absolute atomic E-state index is 0.0747. The fraction of sp³-hybridized carbons (Fsp3) is 0.562. The lowest BCUT2D eigenvalue weighted by Crippen LogP contribution is -2.17. The second kappa shape index (κ2) is 6.34. The smallest absolute Gasteiger partial charge is 0.340 e. The van der Waals surface area contributed by atoms with Crippen LogP contribution in [-0.4, -0.2) is 35.9 Å². The van der Waals surface area contributed by atoms with Crippen LogP contribution in [0.15, 0.2) is 0 Å². The van der Waals surface area contributed by atoms with Crippen molar-refractivity contribution in [3.63, 3.8) is 0 Å². The number of esters is 2. The summed E-state index contributed by atoms with van der Waals surface area (Å²) in [5.41, 5.74) is 1.75. The zero-order valence-electron chi connectivity index (χ0n) is 13.3. The van der Waals surface area contributed by atoms with Gasteiger partial charge in [0.1, 0.15) is 0 Å². The summed E-state index contributed by atoms with van der Waals surface area (Å²) >= 11 is 0. The molecule has 0 aliphatic heterocycles. The number of H-pyrrole nitrogens is 1. The average molecular weight is 307 g/mol. The number of nitrogens with one attached hydrogen (secondary N) is 1. The second-order valence-corrected chi connectivity index (χ2v) is 5.70. The Morgan fingerprint density at radius 1 is 1.23 bits per heavy atom. The van der Waals surface area contributed by atoms with Gasteiger partial charge in [-0.3, -0.25) is 9.59 Å². The van der Waals surface area contributed by atoms with Crippen LogP contribution in [0, 0.1) is 25.7 Å². The minimum Gasteiger partial charge on any atom is -0.462 e. The Kier molecular flexibility index (Phi) is 4.68. The van der Waals surface area contributed by atoms with Crippen molar-refractivity contribution in [2.75, 3.05) is 13.2 Å². The molecule has 0 amide bonds. The number of aromatic nitrogens is 1. The summed E-state index contributed by atoms with van der Waals surface area (Å²) in [6.45, 7) is 7.02. The van der Waals surface area contributed by atoms with Crippen molar-refractivity contribution in [1.82, 2.24) is 4.98 Å². The summed E-state index contributed by atoms with van der Waals surface area (Å²) in [7, 11) is 0. The molecule has 1 heterocycles. The molecule has 1 N–H and O–H groups in total. The number of carbonyl (C=O) groups is 3. The van der Waals surface area contributed by atoms with Crippen molar-refractivity contribution in [3.05, 3.63) is 22.5 Å². The first-order valence-corrected chi connectivity index (χ1v) is 7.42. The van der Waals surface area contributed by atoms with Gasteiger partial charge in [0.15, 0.2) is 6.61 Å². The van der Waals surface area contributed by atoms with Gasteiger partial charge in [0.25, 0.3) is 0 Å². The molecule has 0 saturated heterocycles. The van der Waals surface area contributed by atoms with E-state index in [0.29, 0.717) is 22.7 Å². The maximum Gasteiger partial charge on any atom is 0.340 e. The van der Waals surface area contributed by atoms with Crippen molar-refractivity contribution in [3.8, 4) is 0 Å². The van der Waals surface area contributed by atoms with Crippen molar-refractivity contribution in [2.45, 2.75) is 34.1 Å². The maximum absolute atomic E-state index is 12.2. The molecule has 0 aromatic carbocycles. The standard InChI is InChI=1S/C16H21NO5/c1-5-21-16(20)13-9(3)14(17-10(13)4)12(18)7-22-15(19)11-6-8(11)2/h8,11,17H,5-7H2,1-4H3/t8-,11+/m1/s1. The molecule has 2 rings (SSSR count). The van der Waals surface area contributed by atoms with Gasteiger partial charge in [0.2, 0.25) is 5.78 Å². The Morgan fingerprint density at radius 3 is 2.41 bits per heavy atom. The first-order chi connectivity index (χ1) is 10.4. The van der Waals surface area contributed by atoms with Crippen molar-refractivity contribution in [2.24, 2.45) is 11.8 Å². The van der Waals surface area contributed by atoms with Gasteiger partial charge >= 0.3 is 11.9 Å². The van der Waals surface area contributed by atoms with E-state index in [4.69, 9.17) is 9.47 Å². The predicted molar refractivity (Wildman–Crippen MR) is 78.8 cm³/mol. The summed E-state index contributed by atoms with van der Waals surface area (Å²) in [6.07, 6.45) is 0.820. The number of carbonyl (C=O) groups excluding carboxylic acids is 3. The van der Waals surface area contributed by atoms with Crippen LogP contribution in [0.3, 0.4) is 0 Å². The quantitative estimate of drug-likeness (QED) is 0.643. The third-order valence-electron chi connectivity index (χ3n) is 3.95. The fourth-order valence-corrected chi connectivity index (χ4v) is 2.50. The number of hydrogen-bond acceptors (Lipinski definition) is 5. The molecule has 1 fully saturated rings. The largest absolute Gasteiger partial charge is 0.462 e. The van der Waals surface area contributed by atoms with E-state index in [9.17, 15) is 14.4 Å². The molecule has 2 atom stereocenters. The lowest BCUT2D eigenvalue weighted by Gasteiger charge is -2.04. The highest BCUT2D eigenvalue weighted by Gasteiger charge is 2.40. The van der Waals surface area contributed by atoms with Crippen LogP contribution in [0.4, 0.5) is 0 Å². The number of hydrogen-bond donors (Lipinski definition) is 1. The van der Waals surface area contributed by atoms with E-state index in [1.54, 1.807) is 20.8 Å². The number of rotatable bonds is 6. The number of aryl methyl sites for hydroxylation is 1. The van der Waals surface area contributed by atoms with Crippen LogP contribution < -0.4 is 0 Å². The van der Waals surface area contributed by atoms with Crippen molar-refractivity contribution < 1.29 is 23.9 Å². The van der Waals surface area contributed by atoms with E-state index in [1.165, 1.54) is 0 Å². The van der Waals surface area contributed by atoms with Gasteiger partial charge in [0.05, 0.1) is 23.8 Å². The lowest BCUT2D eigenvalue weighted by atomic mass is 10.1. The zero-order valence-corrected chi connectivity index (χ0v) is 13.3. The summed E-state index contributed by atoms with van der Waals surface area (Å²) in [5.74, 6) is -0.872. The molecule has 1 aromatic rings. The molecule has 1 aromatic heterocycles. The van der Waals surface area contributed by atoms with E-state index in [0.717, 1.165) is 6.42 Å². The third-order valence-corrected chi connectivity index (χ3v) is 3.95. The fourth-order valence-electron chi connectivity index (χ4n) is 2.50.